The SMILES string of the molecule is CCCc1nc(N)cc(NCCC(=O)NCC)n1. The number of amides is 1. The maximum atomic E-state index is 11.3. The first kappa shape index (κ1) is 14.2. The number of carbonyl (C=O) groups excluding carboxylic acids is 1. The smallest absolute Gasteiger partial charge is 0.221 e. The van der Waals surface area contributed by atoms with Gasteiger partial charge in [0.25, 0.3) is 0 Å². The van der Waals surface area contributed by atoms with Crippen LogP contribution >= 0.6 is 0 Å². The van der Waals surface area contributed by atoms with Crippen LogP contribution in [0.3, 0.4) is 0 Å². The largest absolute Gasteiger partial charge is 0.384 e. The third-order valence-electron chi connectivity index (χ3n) is 2.30. The number of nitrogens with two attached hydrogens (primary N) is 1. The van der Waals surface area contributed by atoms with Gasteiger partial charge in [-0.2, -0.15) is 0 Å². The third kappa shape index (κ3) is 4.99. The van der Waals surface area contributed by atoms with Gasteiger partial charge in [-0.25, -0.2) is 9.97 Å². The summed E-state index contributed by atoms with van der Waals surface area (Å²) in [6.07, 6.45) is 2.19. The van der Waals surface area contributed by atoms with Gasteiger partial charge in [-0.15, -0.1) is 0 Å². The van der Waals surface area contributed by atoms with Gasteiger partial charge >= 0.3 is 0 Å². The number of carbonyl (C=O) groups is 1. The van der Waals surface area contributed by atoms with Crippen molar-refractivity contribution in [1.82, 2.24) is 15.3 Å². The Bertz CT molecular complexity index is 394. The van der Waals surface area contributed by atoms with Gasteiger partial charge in [0.15, 0.2) is 0 Å². The predicted molar refractivity (Wildman–Crippen MR) is 72.2 cm³/mol. The molecule has 100 valence electrons. The molecule has 0 saturated carbocycles. The normalized spacial score (nSPS) is 10.1. The lowest BCUT2D eigenvalue weighted by molar-refractivity contribution is -0.120. The highest BCUT2D eigenvalue weighted by atomic mass is 16.1. The van der Waals surface area contributed by atoms with Crippen molar-refractivity contribution < 1.29 is 4.79 Å². The molecule has 0 aliphatic carbocycles. The lowest BCUT2D eigenvalue weighted by atomic mass is 10.3. The number of nitrogen functional groups attached to an aromatic ring is 1. The molecule has 0 spiro atoms. The molecule has 1 aromatic heterocycles. The van der Waals surface area contributed by atoms with Crippen molar-refractivity contribution in [1.29, 1.82) is 0 Å². The van der Waals surface area contributed by atoms with Gasteiger partial charge in [0.05, 0.1) is 0 Å². The molecule has 1 amide bonds. The number of rotatable bonds is 7. The molecule has 1 rings (SSSR count). The Labute approximate surface area is 107 Å². The molecular formula is C12H21N5O. The van der Waals surface area contributed by atoms with E-state index in [1.807, 2.05) is 6.92 Å². The van der Waals surface area contributed by atoms with E-state index in [1.54, 1.807) is 6.07 Å². The lowest BCUT2D eigenvalue weighted by Crippen LogP contribution is -2.24. The number of hydrogen-bond donors (Lipinski definition) is 3. The van der Waals surface area contributed by atoms with E-state index in [0.717, 1.165) is 18.7 Å². The summed E-state index contributed by atoms with van der Waals surface area (Å²) in [6.45, 7) is 5.15. The first-order valence-electron chi connectivity index (χ1n) is 6.29. The van der Waals surface area contributed by atoms with Gasteiger partial charge < -0.3 is 16.4 Å². The topological polar surface area (TPSA) is 92.9 Å². The zero-order valence-corrected chi connectivity index (χ0v) is 11.0. The highest BCUT2D eigenvalue weighted by Crippen LogP contribution is 2.09. The highest BCUT2D eigenvalue weighted by Gasteiger charge is 2.03. The summed E-state index contributed by atoms with van der Waals surface area (Å²) in [5.41, 5.74) is 5.70. The van der Waals surface area contributed by atoms with Crippen molar-refractivity contribution in [3.63, 3.8) is 0 Å². The van der Waals surface area contributed by atoms with Crippen LogP contribution in [0.4, 0.5) is 11.6 Å². The Morgan fingerprint density at radius 2 is 2.17 bits per heavy atom. The van der Waals surface area contributed by atoms with Crippen LogP contribution in [0.1, 0.15) is 32.5 Å². The fraction of sp³-hybridized carbons (Fsp3) is 0.583. The number of nitrogens with one attached hydrogen (secondary N) is 2. The van der Waals surface area contributed by atoms with E-state index in [1.165, 1.54) is 0 Å². The van der Waals surface area contributed by atoms with Crippen LogP contribution in [0, 0.1) is 0 Å². The van der Waals surface area contributed by atoms with Crippen molar-refractivity contribution in [3.8, 4) is 0 Å². The van der Waals surface area contributed by atoms with Crippen LogP contribution in [0.15, 0.2) is 6.07 Å². The Hall–Kier alpha value is -1.85. The average molecular weight is 251 g/mol. The van der Waals surface area contributed by atoms with E-state index < -0.39 is 0 Å². The molecule has 18 heavy (non-hydrogen) atoms. The molecule has 6 heteroatoms. The minimum atomic E-state index is 0.0285. The summed E-state index contributed by atoms with van der Waals surface area (Å²) in [4.78, 5) is 19.7. The molecule has 0 atom stereocenters. The van der Waals surface area contributed by atoms with Crippen molar-refractivity contribution in [3.05, 3.63) is 11.9 Å². The maximum Gasteiger partial charge on any atom is 0.221 e. The molecule has 1 aromatic rings. The number of hydrogen-bond acceptors (Lipinski definition) is 5. The van der Waals surface area contributed by atoms with Gasteiger partial charge in [0.1, 0.15) is 17.5 Å². The second-order valence-electron chi connectivity index (χ2n) is 3.97. The molecule has 0 fully saturated rings. The third-order valence-corrected chi connectivity index (χ3v) is 2.30. The van der Waals surface area contributed by atoms with E-state index in [9.17, 15) is 4.79 Å². The Morgan fingerprint density at radius 3 is 2.83 bits per heavy atom. The van der Waals surface area contributed by atoms with Gasteiger partial charge in [-0.3, -0.25) is 4.79 Å². The lowest BCUT2D eigenvalue weighted by Gasteiger charge is -2.08. The van der Waals surface area contributed by atoms with E-state index >= 15 is 0 Å². The number of anilines is 2. The van der Waals surface area contributed by atoms with Crippen molar-refractivity contribution in [2.24, 2.45) is 0 Å². The van der Waals surface area contributed by atoms with Gasteiger partial charge in [-0.05, 0) is 13.3 Å². The van der Waals surface area contributed by atoms with Crippen molar-refractivity contribution >= 4 is 17.5 Å². The van der Waals surface area contributed by atoms with Gasteiger partial charge in [0, 0.05) is 32.0 Å². The summed E-state index contributed by atoms with van der Waals surface area (Å²) in [5.74, 6) is 1.89. The fourth-order valence-corrected chi connectivity index (χ4v) is 1.53. The first-order valence-corrected chi connectivity index (χ1v) is 6.29. The molecule has 0 radical (unpaired) electrons. The van der Waals surface area contributed by atoms with E-state index in [4.69, 9.17) is 5.73 Å². The van der Waals surface area contributed by atoms with E-state index in [-0.39, 0.29) is 5.91 Å². The van der Waals surface area contributed by atoms with Gasteiger partial charge in [0.2, 0.25) is 5.91 Å². The molecule has 0 saturated heterocycles. The van der Waals surface area contributed by atoms with Crippen LogP contribution in [0.5, 0.6) is 0 Å². The second-order valence-corrected chi connectivity index (χ2v) is 3.97. The standard InChI is InChI=1S/C12H21N5O/c1-3-5-10-16-9(13)8-11(17-10)15-7-6-12(18)14-4-2/h8H,3-7H2,1-2H3,(H,14,18)(H3,13,15,16,17). The highest BCUT2D eigenvalue weighted by molar-refractivity contribution is 5.76. The van der Waals surface area contributed by atoms with E-state index in [0.29, 0.717) is 31.1 Å². The van der Waals surface area contributed by atoms with Crippen LogP contribution in [0.25, 0.3) is 0 Å². The molecule has 0 unspecified atom stereocenters. The second kappa shape index (κ2) is 7.47. The van der Waals surface area contributed by atoms with Crippen LogP contribution < -0.4 is 16.4 Å². The van der Waals surface area contributed by atoms with Crippen molar-refractivity contribution in [2.45, 2.75) is 33.1 Å². The fourth-order valence-electron chi connectivity index (χ4n) is 1.53. The Kier molecular flexibility index (Phi) is 5.90. The van der Waals surface area contributed by atoms with Gasteiger partial charge in [-0.1, -0.05) is 6.92 Å². The van der Waals surface area contributed by atoms with Crippen LogP contribution in [-0.4, -0.2) is 29.0 Å². The zero-order valence-electron chi connectivity index (χ0n) is 11.0. The minimum absolute atomic E-state index is 0.0285. The monoisotopic (exact) mass is 251 g/mol. The zero-order chi connectivity index (χ0) is 13.4. The summed E-state index contributed by atoms with van der Waals surface area (Å²) in [6, 6.07) is 1.68. The quantitative estimate of drug-likeness (QED) is 0.671. The molecule has 0 bridgehead atoms. The summed E-state index contributed by atoms with van der Waals surface area (Å²) in [5, 5.41) is 5.82. The molecule has 1 heterocycles. The molecule has 0 aliphatic heterocycles. The maximum absolute atomic E-state index is 11.3. The molecule has 4 N–H and O–H groups in total. The number of nitrogens with zero attached hydrogens (tertiary/aromatic N) is 2. The summed E-state index contributed by atoms with van der Waals surface area (Å²) < 4.78 is 0. The Morgan fingerprint density at radius 1 is 1.39 bits per heavy atom. The number of aromatic nitrogens is 2. The summed E-state index contributed by atoms with van der Waals surface area (Å²) >= 11 is 0. The predicted octanol–water partition coefficient (Wildman–Crippen LogP) is 0.949. The molecule has 0 aromatic carbocycles. The van der Waals surface area contributed by atoms with Crippen molar-refractivity contribution in [2.75, 3.05) is 24.1 Å². The minimum Gasteiger partial charge on any atom is -0.384 e. The molecular weight excluding hydrogens is 230 g/mol. The summed E-state index contributed by atoms with van der Waals surface area (Å²) in [7, 11) is 0. The molecule has 0 aliphatic rings. The van der Waals surface area contributed by atoms with Crippen LogP contribution in [-0.2, 0) is 11.2 Å². The average Bonchev–Trinajstić information content (AvgIpc) is 2.29. The van der Waals surface area contributed by atoms with E-state index in [2.05, 4.69) is 27.5 Å². The molecule has 6 nitrogen and oxygen atoms in total. The first-order chi connectivity index (χ1) is 8.65. The Balaban J connectivity index is 2.48. The number of aryl methyl sites for hydroxylation is 1. The van der Waals surface area contributed by atoms with Crippen LogP contribution in [0.2, 0.25) is 0 Å².